The van der Waals surface area contributed by atoms with Gasteiger partial charge in [0, 0.05) is 19.0 Å². The number of hydrogen-bond acceptors (Lipinski definition) is 2. The molecule has 0 spiro atoms. The molecule has 2 aliphatic rings. The molecule has 0 N–H and O–H groups in total. The van der Waals surface area contributed by atoms with Crippen LogP contribution in [-0.4, -0.2) is 29.8 Å². The van der Waals surface area contributed by atoms with E-state index in [4.69, 9.17) is 0 Å². The van der Waals surface area contributed by atoms with Crippen LogP contribution >= 0.6 is 0 Å². The number of ketones is 1. The van der Waals surface area contributed by atoms with Gasteiger partial charge in [0.25, 0.3) is 0 Å². The maximum atomic E-state index is 11.5. The highest BCUT2D eigenvalue weighted by atomic mass is 16.1. The zero-order chi connectivity index (χ0) is 11.1. The van der Waals surface area contributed by atoms with Gasteiger partial charge < -0.3 is 0 Å². The highest BCUT2D eigenvalue weighted by Crippen LogP contribution is 2.48. The van der Waals surface area contributed by atoms with Crippen molar-refractivity contribution in [3.63, 3.8) is 0 Å². The highest BCUT2D eigenvalue weighted by Gasteiger charge is 2.48. The van der Waals surface area contributed by atoms with E-state index in [1.165, 1.54) is 19.3 Å². The van der Waals surface area contributed by atoms with Crippen molar-refractivity contribution in [1.29, 1.82) is 0 Å². The van der Waals surface area contributed by atoms with Crippen molar-refractivity contribution in [3.8, 4) is 0 Å². The van der Waals surface area contributed by atoms with Gasteiger partial charge in [-0.1, -0.05) is 27.2 Å². The number of carbonyl (C=O) groups is 1. The zero-order valence-corrected chi connectivity index (χ0v) is 10.3. The van der Waals surface area contributed by atoms with Gasteiger partial charge >= 0.3 is 0 Å². The van der Waals surface area contributed by atoms with Gasteiger partial charge in [-0.3, -0.25) is 9.69 Å². The van der Waals surface area contributed by atoms with Crippen LogP contribution in [-0.2, 0) is 4.79 Å². The summed E-state index contributed by atoms with van der Waals surface area (Å²) in [6.45, 7) is 8.52. The second kappa shape index (κ2) is 3.89. The van der Waals surface area contributed by atoms with Gasteiger partial charge in [-0.25, -0.2) is 0 Å². The summed E-state index contributed by atoms with van der Waals surface area (Å²) in [7, 11) is 0. The van der Waals surface area contributed by atoms with E-state index in [2.05, 4.69) is 18.7 Å². The predicted octanol–water partition coefficient (Wildman–Crippen LogP) is 2.48. The van der Waals surface area contributed by atoms with E-state index in [0.717, 1.165) is 12.5 Å². The van der Waals surface area contributed by atoms with Crippen LogP contribution in [0.1, 0.15) is 46.5 Å². The molecule has 0 radical (unpaired) electrons. The minimum Gasteiger partial charge on any atom is -0.298 e. The van der Waals surface area contributed by atoms with Gasteiger partial charge in [-0.2, -0.15) is 0 Å². The lowest BCUT2D eigenvalue weighted by Crippen LogP contribution is -2.34. The molecule has 2 fully saturated rings. The molecular formula is C13H23NO. The lowest BCUT2D eigenvalue weighted by molar-refractivity contribution is -0.120. The third-order valence-corrected chi connectivity index (χ3v) is 4.34. The van der Waals surface area contributed by atoms with Crippen LogP contribution in [0.4, 0.5) is 0 Å². The number of fused-ring (bicyclic) bond motifs is 1. The molecule has 2 atom stereocenters. The van der Waals surface area contributed by atoms with E-state index >= 15 is 0 Å². The molecule has 1 aliphatic carbocycles. The van der Waals surface area contributed by atoms with Gasteiger partial charge in [-0.05, 0) is 24.2 Å². The summed E-state index contributed by atoms with van der Waals surface area (Å²) in [5.74, 6) is 1.24. The maximum absolute atomic E-state index is 11.5. The molecule has 1 heterocycles. The third kappa shape index (κ3) is 1.96. The second-order valence-corrected chi connectivity index (χ2v) is 5.89. The Balaban J connectivity index is 2.05. The van der Waals surface area contributed by atoms with Crippen LogP contribution < -0.4 is 0 Å². The van der Waals surface area contributed by atoms with Crippen LogP contribution in [0.3, 0.4) is 0 Å². The molecular weight excluding hydrogens is 186 g/mol. The first-order valence-corrected chi connectivity index (χ1v) is 6.30. The normalized spacial score (nSPS) is 34.3. The molecule has 1 saturated carbocycles. The lowest BCUT2D eigenvalue weighted by Gasteiger charge is -2.24. The van der Waals surface area contributed by atoms with E-state index < -0.39 is 0 Å². The lowest BCUT2D eigenvalue weighted by atomic mass is 9.80. The molecule has 0 amide bonds. The summed E-state index contributed by atoms with van der Waals surface area (Å²) in [4.78, 5) is 14.0. The number of nitrogens with zero attached hydrogens (tertiary/aromatic N) is 1. The first kappa shape index (κ1) is 11.1. The molecule has 1 saturated heterocycles. The van der Waals surface area contributed by atoms with E-state index in [0.29, 0.717) is 30.2 Å². The summed E-state index contributed by atoms with van der Waals surface area (Å²) < 4.78 is 0. The number of Topliss-reactive ketones (excluding diaryl/α,β-unsaturated/α-hetero) is 1. The fraction of sp³-hybridized carbons (Fsp3) is 0.923. The van der Waals surface area contributed by atoms with Crippen molar-refractivity contribution in [2.75, 3.05) is 13.1 Å². The Morgan fingerprint density at radius 1 is 1.40 bits per heavy atom. The molecule has 0 aromatic carbocycles. The van der Waals surface area contributed by atoms with Crippen molar-refractivity contribution in [1.82, 2.24) is 4.90 Å². The van der Waals surface area contributed by atoms with E-state index in [1.807, 2.05) is 6.92 Å². The molecule has 2 rings (SSSR count). The van der Waals surface area contributed by atoms with E-state index in [-0.39, 0.29) is 0 Å². The number of likely N-dealkylation sites (tertiary alicyclic amines) is 1. The van der Waals surface area contributed by atoms with Crippen molar-refractivity contribution < 1.29 is 4.79 Å². The van der Waals surface area contributed by atoms with Gasteiger partial charge in [0.1, 0.15) is 5.78 Å². The van der Waals surface area contributed by atoms with Crippen LogP contribution in [0.25, 0.3) is 0 Å². The standard InChI is InChI=1S/C13H23NO/c1-4-10(15)8-14-9-13(2,3)11-6-5-7-12(11)14/h11-12H,4-9H2,1-3H3. The highest BCUT2D eigenvalue weighted by molar-refractivity contribution is 5.80. The first-order valence-electron chi connectivity index (χ1n) is 6.30. The fourth-order valence-electron chi connectivity index (χ4n) is 3.56. The summed E-state index contributed by atoms with van der Waals surface area (Å²) in [5, 5.41) is 0. The van der Waals surface area contributed by atoms with Crippen molar-refractivity contribution in [2.45, 2.75) is 52.5 Å². The molecule has 0 bridgehead atoms. The smallest absolute Gasteiger partial charge is 0.146 e. The van der Waals surface area contributed by atoms with E-state index in [9.17, 15) is 4.79 Å². The van der Waals surface area contributed by atoms with Crippen LogP contribution in [0.15, 0.2) is 0 Å². The average molecular weight is 209 g/mol. The topological polar surface area (TPSA) is 20.3 Å². The second-order valence-electron chi connectivity index (χ2n) is 5.89. The first-order chi connectivity index (χ1) is 7.04. The summed E-state index contributed by atoms with van der Waals surface area (Å²) in [6, 6.07) is 0.704. The predicted molar refractivity (Wildman–Crippen MR) is 61.8 cm³/mol. The van der Waals surface area contributed by atoms with Crippen molar-refractivity contribution in [3.05, 3.63) is 0 Å². The molecule has 86 valence electrons. The Morgan fingerprint density at radius 2 is 2.13 bits per heavy atom. The quantitative estimate of drug-likeness (QED) is 0.711. The summed E-state index contributed by atoms with van der Waals surface area (Å²) in [6.07, 6.45) is 4.73. The Hall–Kier alpha value is -0.370. The molecule has 2 nitrogen and oxygen atoms in total. The van der Waals surface area contributed by atoms with Crippen molar-refractivity contribution >= 4 is 5.78 Å². The Bertz CT molecular complexity index is 259. The van der Waals surface area contributed by atoms with Gasteiger partial charge in [0.15, 0.2) is 0 Å². The molecule has 0 aromatic rings. The maximum Gasteiger partial charge on any atom is 0.146 e. The molecule has 15 heavy (non-hydrogen) atoms. The average Bonchev–Trinajstić information content (AvgIpc) is 2.71. The molecule has 1 aliphatic heterocycles. The number of hydrogen-bond donors (Lipinski definition) is 0. The Kier molecular flexibility index (Phi) is 2.89. The van der Waals surface area contributed by atoms with Crippen molar-refractivity contribution in [2.24, 2.45) is 11.3 Å². The zero-order valence-electron chi connectivity index (χ0n) is 10.3. The summed E-state index contributed by atoms with van der Waals surface area (Å²) in [5.41, 5.74) is 0.426. The molecule has 2 heteroatoms. The minimum absolute atomic E-state index is 0.401. The molecule has 0 aromatic heterocycles. The SMILES string of the molecule is CCC(=O)CN1CC(C)(C)C2CCCC21. The van der Waals surface area contributed by atoms with Gasteiger partial charge in [0.05, 0.1) is 6.54 Å². The number of rotatable bonds is 3. The Labute approximate surface area is 93.0 Å². The number of carbonyl (C=O) groups excluding carboxylic acids is 1. The monoisotopic (exact) mass is 209 g/mol. The van der Waals surface area contributed by atoms with Gasteiger partial charge in [-0.15, -0.1) is 0 Å². The van der Waals surface area contributed by atoms with Crippen LogP contribution in [0, 0.1) is 11.3 Å². The van der Waals surface area contributed by atoms with Crippen LogP contribution in [0.5, 0.6) is 0 Å². The largest absolute Gasteiger partial charge is 0.298 e. The van der Waals surface area contributed by atoms with E-state index in [1.54, 1.807) is 0 Å². The minimum atomic E-state index is 0.401. The molecule has 2 unspecified atom stereocenters. The van der Waals surface area contributed by atoms with Crippen LogP contribution in [0.2, 0.25) is 0 Å². The summed E-state index contributed by atoms with van der Waals surface area (Å²) >= 11 is 0. The van der Waals surface area contributed by atoms with Gasteiger partial charge in [0.2, 0.25) is 0 Å². The fourth-order valence-corrected chi connectivity index (χ4v) is 3.56. The Morgan fingerprint density at radius 3 is 2.80 bits per heavy atom. The third-order valence-electron chi connectivity index (χ3n) is 4.34.